The van der Waals surface area contributed by atoms with Crippen molar-refractivity contribution in [2.75, 3.05) is 0 Å². The van der Waals surface area contributed by atoms with Gasteiger partial charge in [0, 0.05) is 50.1 Å². The van der Waals surface area contributed by atoms with Gasteiger partial charge in [0.25, 0.3) is 0 Å². The van der Waals surface area contributed by atoms with E-state index in [9.17, 15) is 0 Å². The lowest BCUT2D eigenvalue weighted by atomic mass is 9.71. The lowest BCUT2D eigenvalue weighted by molar-refractivity contribution is 0.264. The molecule has 0 amide bonds. The van der Waals surface area contributed by atoms with Crippen LogP contribution in [-0.4, -0.2) is 24.7 Å². The first-order chi connectivity index (χ1) is 24.5. The van der Waals surface area contributed by atoms with Gasteiger partial charge in [0.1, 0.15) is 5.65 Å². The van der Waals surface area contributed by atoms with Crippen LogP contribution in [0.3, 0.4) is 0 Å². The summed E-state index contributed by atoms with van der Waals surface area (Å²) >= 11 is 1.94. The van der Waals surface area contributed by atoms with Crippen LogP contribution in [0.4, 0.5) is 0 Å². The second-order valence-corrected chi connectivity index (χ2v) is 17.0. The average Bonchev–Trinajstić information content (AvgIpc) is 3.75. The molecule has 0 fully saturated rings. The summed E-state index contributed by atoms with van der Waals surface area (Å²) in [5.74, 6) is 0. The number of thioether (sulfide) groups is 1. The molecule has 8 aromatic rings. The topological polar surface area (TPSA) is 35.1 Å². The zero-order valence-electron chi connectivity index (χ0n) is 30.2. The first-order valence-electron chi connectivity index (χ1n) is 17.9. The van der Waals surface area contributed by atoms with Gasteiger partial charge >= 0.3 is 0 Å². The predicted molar refractivity (Wildman–Crippen MR) is 216 cm³/mol. The molecule has 0 saturated carbocycles. The molecule has 5 aromatic carbocycles. The molecular weight excluding hydrogens is 641 g/mol. The zero-order chi connectivity index (χ0) is 35.0. The van der Waals surface area contributed by atoms with Crippen molar-refractivity contribution in [1.82, 2.24) is 14.1 Å². The third-order valence-electron chi connectivity index (χ3n) is 12.3. The molecule has 2 aliphatic rings. The van der Waals surface area contributed by atoms with Gasteiger partial charge in [-0.15, -0.1) is 0 Å². The van der Waals surface area contributed by atoms with Crippen LogP contribution in [0.5, 0.6) is 0 Å². The molecule has 0 bridgehead atoms. The standard InChI is InChI=1S/C46H40N4S/c1-27-14-18-39-35(23-27)33-17-16-31(50-40-19-15-28(2)24-36(40)34-11-10-20-47-42(34)50)26-41(33)49(39)32-22-29(3)21-30(25-32)43-48-46(7)44(4,5)37-12-8-9-13-38(37)45(46,6)51-43/h8-26H,1-7H3/t45-,46+/m0/s1. The molecule has 250 valence electrons. The smallest absolute Gasteiger partial charge is 0.145 e. The second kappa shape index (κ2) is 10.2. The van der Waals surface area contributed by atoms with E-state index in [1.54, 1.807) is 0 Å². The van der Waals surface area contributed by atoms with E-state index in [-0.39, 0.29) is 15.7 Å². The van der Waals surface area contributed by atoms with Gasteiger partial charge in [0.05, 0.1) is 31.9 Å². The maximum Gasteiger partial charge on any atom is 0.145 e. The van der Waals surface area contributed by atoms with E-state index in [4.69, 9.17) is 9.98 Å². The van der Waals surface area contributed by atoms with Crippen LogP contribution in [0.1, 0.15) is 61.1 Å². The van der Waals surface area contributed by atoms with Crippen molar-refractivity contribution in [2.45, 2.75) is 64.2 Å². The summed E-state index contributed by atoms with van der Waals surface area (Å²) in [7, 11) is 0. The van der Waals surface area contributed by atoms with Gasteiger partial charge in [-0.2, -0.15) is 0 Å². The van der Waals surface area contributed by atoms with Gasteiger partial charge in [0.15, 0.2) is 0 Å². The molecule has 0 saturated heterocycles. The molecule has 0 unspecified atom stereocenters. The summed E-state index contributed by atoms with van der Waals surface area (Å²) in [6.07, 6.45) is 1.90. The van der Waals surface area contributed by atoms with E-state index in [2.05, 4.69) is 161 Å². The lowest BCUT2D eigenvalue weighted by Gasteiger charge is -2.40. The molecule has 10 rings (SSSR count). The average molecular weight is 681 g/mol. The molecule has 4 nitrogen and oxygen atoms in total. The van der Waals surface area contributed by atoms with Crippen LogP contribution in [0.25, 0.3) is 55.1 Å². The van der Waals surface area contributed by atoms with Gasteiger partial charge in [-0.1, -0.05) is 79.2 Å². The molecule has 1 aliphatic carbocycles. The summed E-state index contributed by atoms with van der Waals surface area (Å²) in [5.41, 5.74) is 14.1. The van der Waals surface area contributed by atoms with Crippen LogP contribution in [-0.2, 0) is 10.2 Å². The Morgan fingerprint density at radius 1 is 0.549 bits per heavy atom. The van der Waals surface area contributed by atoms with Crippen molar-refractivity contribution in [3.63, 3.8) is 0 Å². The Morgan fingerprint density at radius 3 is 2.02 bits per heavy atom. The highest BCUT2D eigenvalue weighted by atomic mass is 32.2. The van der Waals surface area contributed by atoms with Crippen molar-refractivity contribution < 1.29 is 0 Å². The van der Waals surface area contributed by atoms with Crippen molar-refractivity contribution >= 4 is 60.5 Å². The number of aryl methyl sites for hydroxylation is 3. The van der Waals surface area contributed by atoms with Crippen molar-refractivity contribution in [3.05, 3.63) is 149 Å². The van der Waals surface area contributed by atoms with Crippen LogP contribution in [0, 0.1) is 20.8 Å². The molecule has 0 spiro atoms. The lowest BCUT2D eigenvalue weighted by Crippen LogP contribution is -2.47. The van der Waals surface area contributed by atoms with E-state index in [1.165, 1.54) is 71.5 Å². The molecule has 3 aromatic heterocycles. The first-order valence-corrected chi connectivity index (χ1v) is 18.7. The minimum Gasteiger partial charge on any atom is -0.309 e. The number of hydrogen-bond acceptors (Lipinski definition) is 3. The normalized spacial score (nSPS) is 20.8. The van der Waals surface area contributed by atoms with Crippen molar-refractivity contribution in [1.29, 1.82) is 0 Å². The molecule has 1 aliphatic heterocycles. The minimum absolute atomic E-state index is 0.0960. The predicted octanol–water partition coefficient (Wildman–Crippen LogP) is 11.7. The summed E-state index contributed by atoms with van der Waals surface area (Å²) in [5, 5.41) is 6.02. The fraction of sp³-hybridized carbons (Fsp3) is 0.217. The Kier molecular flexibility index (Phi) is 6.15. The third kappa shape index (κ3) is 3.98. The number of aliphatic imine (C=N–C) groups is 1. The van der Waals surface area contributed by atoms with Crippen LogP contribution >= 0.6 is 11.8 Å². The zero-order valence-corrected chi connectivity index (χ0v) is 31.0. The molecular formula is C46H40N4S. The molecule has 2 atom stereocenters. The number of hydrogen-bond donors (Lipinski definition) is 0. The van der Waals surface area contributed by atoms with Crippen LogP contribution in [0.2, 0.25) is 0 Å². The monoisotopic (exact) mass is 680 g/mol. The van der Waals surface area contributed by atoms with Gasteiger partial charge < -0.3 is 4.57 Å². The number of fused-ring (bicyclic) bond motifs is 9. The summed E-state index contributed by atoms with van der Waals surface area (Å²) in [6.45, 7) is 16.1. The van der Waals surface area contributed by atoms with E-state index in [1.807, 2.05) is 24.0 Å². The Labute approximate surface area is 302 Å². The Morgan fingerprint density at radius 2 is 1.25 bits per heavy atom. The fourth-order valence-corrected chi connectivity index (χ4v) is 10.9. The highest BCUT2D eigenvalue weighted by Gasteiger charge is 2.65. The van der Waals surface area contributed by atoms with E-state index in [0.29, 0.717) is 0 Å². The van der Waals surface area contributed by atoms with E-state index < -0.39 is 0 Å². The van der Waals surface area contributed by atoms with Crippen LogP contribution < -0.4 is 0 Å². The number of benzene rings is 5. The number of pyridine rings is 1. The molecule has 0 radical (unpaired) electrons. The maximum absolute atomic E-state index is 5.66. The third-order valence-corrected chi connectivity index (χ3v) is 13.8. The van der Waals surface area contributed by atoms with Gasteiger partial charge in [-0.25, -0.2) is 4.98 Å². The number of aromatic nitrogens is 3. The highest BCUT2D eigenvalue weighted by molar-refractivity contribution is 8.15. The Bertz CT molecular complexity index is 2830. The number of rotatable bonds is 3. The quantitative estimate of drug-likeness (QED) is 0.186. The van der Waals surface area contributed by atoms with Gasteiger partial charge in [-0.3, -0.25) is 9.56 Å². The molecule has 0 N–H and O–H groups in total. The van der Waals surface area contributed by atoms with E-state index in [0.717, 1.165) is 22.1 Å². The SMILES string of the molecule is Cc1cc(C2=N[C@]3(C)C(C)(C)c4ccccc4[C@]3(C)S2)cc(-n2c3ccc(C)cc3c3ccc(-n4c5ccc(C)cc5c5cccnc54)cc32)c1. The minimum atomic E-state index is -0.276. The van der Waals surface area contributed by atoms with Crippen molar-refractivity contribution in [3.8, 4) is 11.4 Å². The Hall–Kier alpha value is -5.13. The van der Waals surface area contributed by atoms with Crippen LogP contribution in [0.15, 0.2) is 120 Å². The molecule has 4 heterocycles. The van der Waals surface area contributed by atoms with Gasteiger partial charge in [-0.05, 0) is 118 Å². The molecule has 51 heavy (non-hydrogen) atoms. The maximum atomic E-state index is 5.66. The van der Waals surface area contributed by atoms with Gasteiger partial charge in [0.2, 0.25) is 0 Å². The summed E-state index contributed by atoms with van der Waals surface area (Å²) in [4.78, 5) is 10.6. The first kappa shape index (κ1) is 30.7. The fourth-order valence-electron chi connectivity index (χ4n) is 9.29. The molecule has 5 heteroatoms. The largest absolute Gasteiger partial charge is 0.309 e. The second-order valence-electron chi connectivity index (χ2n) is 15.6. The summed E-state index contributed by atoms with van der Waals surface area (Å²) in [6, 6.07) is 40.7. The van der Waals surface area contributed by atoms with E-state index >= 15 is 0 Å². The number of nitrogens with zero attached hydrogens (tertiary/aromatic N) is 4. The summed E-state index contributed by atoms with van der Waals surface area (Å²) < 4.78 is 4.63. The Balaban J connectivity index is 1.19. The highest BCUT2D eigenvalue weighted by Crippen LogP contribution is 2.66. The van der Waals surface area contributed by atoms with Crippen molar-refractivity contribution in [2.24, 2.45) is 4.99 Å².